The first-order valence-electron chi connectivity index (χ1n) is 15.4. The van der Waals surface area contributed by atoms with Crippen molar-refractivity contribution in [3.63, 3.8) is 0 Å². The average molecular weight is 543 g/mol. The summed E-state index contributed by atoms with van der Waals surface area (Å²) in [6.07, 6.45) is 8.43. The second-order valence-corrected chi connectivity index (χ2v) is 13.3. The fourth-order valence-electron chi connectivity index (χ4n) is 10.6. The van der Waals surface area contributed by atoms with Crippen molar-refractivity contribution in [1.82, 2.24) is 9.80 Å². The number of rotatable bonds is 5. The van der Waals surface area contributed by atoms with E-state index in [4.69, 9.17) is 18.9 Å². The van der Waals surface area contributed by atoms with Crippen LogP contribution in [0.25, 0.3) is 0 Å². The van der Waals surface area contributed by atoms with Gasteiger partial charge in [0.25, 0.3) is 5.91 Å². The van der Waals surface area contributed by atoms with E-state index in [1.165, 1.54) is 36.8 Å². The van der Waals surface area contributed by atoms with Gasteiger partial charge in [0.1, 0.15) is 6.10 Å². The van der Waals surface area contributed by atoms with Crippen LogP contribution in [0.3, 0.4) is 0 Å². The number of likely N-dealkylation sites (tertiary alicyclic amines) is 2. The van der Waals surface area contributed by atoms with E-state index in [9.17, 15) is 4.79 Å². The van der Waals surface area contributed by atoms with E-state index in [0.29, 0.717) is 6.54 Å². The number of nitrogens with zero attached hydrogens (tertiary/aromatic N) is 2. The molecule has 3 saturated heterocycles. The molecule has 5 fully saturated rings. The summed E-state index contributed by atoms with van der Waals surface area (Å²) in [5.74, 6) is 2.33. The summed E-state index contributed by atoms with van der Waals surface area (Å²) in [7, 11) is 1.72. The Bertz CT molecular complexity index is 1380. The molecule has 6 atom stereocenters. The lowest BCUT2D eigenvalue weighted by atomic mass is 9.45. The van der Waals surface area contributed by atoms with E-state index in [1.54, 1.807) is 7.11 Å². The summed E-state index contributed by atoms with van der Waals surface area (Å²) in [6.45, 7) is 2.78. The number of ether oxygens (including phenoxy) is 4. The molecular formula is C33H38N2O5. The minimum Gasteiger partial charge on any atom is -0.493 e. The van der Waals surface area contributed by atoms with E-state index in [0.717, 1.165) is 61.8 Å². The Kier molecular flexibility index (Phi) is 4.95. The Labute approximate surface area is 235 Å². The summed E-state index contributed by atoms with van der Waals surface area (Å²) >= 11 is 0. The molecule has 4 heterocycles. The Morgan fingerprint density at radius 2 is 1.90 bits per heavy atom. The van der Waals surface area contributed by atoms with Gasteiger partial charge in [-0.1, -0.05) is 49.2 Å². The first-order valence-corrected chi connectivity index (χ1v) is 15.4. The van der Waals surface area contributed by atoms with Crippen LogP contribution >= 0.6 is 0 Å². The minimum absolute atomic E-state index is 0.0742. The molecule has 0 radical (unpaired) electrons. The van der Waals surface area contributed by atoms with E-state index >= 15 is 0 Å². The van der Waals surface area contributed by atoms with Crippen LogP contribution in [-0.4, -0.2) is 66.2 Å². The lowest BCUT2D eigenvalue weighted by Crippen LogP contribution is -2.77. The van der Waals surface area contributed by atoms with Crippen molar-refractivity contribution < 1.29 is 23.7 Å². The summed E-state index contributed by atoms with van der Waals surface area (Å²) < 4.78 is 26.6. The predicted octanol–water partition coefficient (Wildman–Crippen LogP) is 4.41. The standard InChI is InChI=1S/C33H38N2O5/c1-37-24-12-11-23-17-25-32-13-14-33-29(28(40-32)30(36)35(33)19-22-7-3-2-4-8-22)31(32,26(23)27(24)38-20-39-33)15-16-34(25)18-21-9-5-6-10-21/h2-4,7-8,11-12,21,25,28-29H,5-6,9-10,13-20H2,1H3/t25?,28-,29?,31?,32?,33?/m0/s1. The summed E-state index contributed by atoms with van der Waals surface area (Å²) in [5.41, 5.74) is 2.18. The molecule has 2 saturated carbocycles. The van der Waals surface area contributed by atoms with Crippen LogP contribution in [0.15, 0.2) is 42.5 Å². The molecule has 210 valence electrons. The van der Waals surface area contributed by atoms with Crippen LogP contribution in [0.4, 0.5) is 0 Å². The minimum atomic E-state index is -0.745. The second-order valence-electron chi connectivity index (χ2n) is 13.3. The first kappa shape index (κ1) is 24.0. The molecule has 40 heavy (non-hydrogen) atoms. The van der Waals surface area contributed by atoms with Crippen LogP contribution in [0.1, 0.15) is 61.6 Å². The van der Waals surface area contributed by atoms with Crippen molar-refractivity contribution in [3.05, 3.63) is 59.2 Å². The van der Waals surface area contributed by atoms with Crippen LogP contribution < -0.4 is 9.47 Å². The molecule has 4 aliphatic heterocycles. The summed E-state index contributed by atoms with van der Waals surface area (Å²) in [4.78, 5) is 19.2. The Morgan fingerprint density at radius 1 is 1.05 bits per heavy atom. The smallest absolute Gasteiger partial charge is 0.254 e. The van der Waals surface area contributed by atoms with Gasteiger partial charge >= 0.3 is 0 Å². The highest BCUT2D eigenvalue weighted by Gasteiger charge is 2.84. The quantitative estimate of drug-likeness (QED) is 0.558. The Morgan fingerprint density at radius 3 is 2.73 bits per heavy atom. The van der Waals surface area contributed by atoms with E-state index in [-0.39, 0.29) is 30.1 Å². The number of hydrogen-bond acceptors (Lipinski definition) is 6. The largest absolute Gasteiger partial charge is 0.493 e. The highest BCUT2D eigenvalue weighted by atomic mass is 16.7. The summed E-state index contributed by atoms with van der Waals surface area (Å²) in [5, 5.41) is 0. The predicted molar refractivity (Wildman–Crippen MR) is 147 cm³/mol. The van der Waals surface area contributed by atoms with E-state index in [2.05, 4.69) is 29.2 Å². The van der Waals surface area contributed by atoms with Gasteiger partial charge in [0.2, 0.25) is 0 Å². The number of carbonyl (C=O) groups is 1. The molecule has 5 bridgehead atoms. The molecule has 3 aliphatic carbocycles. The van der Waals surface area contributed by atoms with Crippen LogP contribution in [0.5, 0.6) is 11.5 Å². The number of carbonyl (C=O) groups excluding carboxylic acids is 1. The number of piperidine rings is 1. The van der Waals surface area contributed by atoms with Crippen molar-refractivity contribution in [3.8, 4) is 11.5 Å². The van der Waals surface area contributed by atoms with Gasteiger partial charge in [-0.3, -0.25) is 9.69 Å². The first-order chi connectivity index (χ1) is 19.6. The third-order valence-electron chi connectivity index (χ3n) is 12.0. The van der Waals surface area contributed by atoms with Crippen molar-refractivity contribution in [1.29, 1.82) is 0 Å². The molecule has 2 aromatic carbocycles. The zero-order valence-corrected chi connectivity index (χ0v) is 23.3. The molecule has 2 aromatic rings. The topological polar surface area (TPSA) is 60.5 Å². The van der Waals surface area contributed by atoms with Crippen molar-refractivity contribution in [2.24, 2.45) is 11.8 Å². The molecular weight excluding hydrogens is 504 g/mol. The molecule has 1 spiro atoms. The number of benzene rings is 2. The van der Waals surface area contributed by atoms with Crippen LogP contribution in [0, 0.1) is 11.8 Å². The monoisotopic (exact) mass is 542 g/mol. The molecule has 7 nitrogen and oxygen atoms in total. The number of hydrogen-bond donors (Lipinski definition) is 0. The van der Waals surface area contributed by atoms with Gasteiger partial charge in [0.15, 0.2) is 24.0 Å². The molecule has 0 N–H and O–H groups in total. The maximum absolute atomic E-state index is 14.4. The van der Waals surface area contributed by atoms with Crippen molar-refractivity contribution >= 4 is 5.91 Å². The Hall–Kier alpha value is -2.61. The van der Waals surface area contributed by atoms with Crippen molar-refractivity contribution in [2.75, 3.05) is 27.0 Å². The highest BCUT2D eigenvalue weighted by Crippen LogP contribution is 2.74. The van der Waals surface area contributed by atoms with Gasteiger partial charge in [-0.15, -0.1) is 0 Å². The third-order valence-corrected chi connectivity index (χ3v) is 12.0. The number of methoxy groups -OCH3 is 1. The average Bonchev–Trinajstić information content (AvgIpc) is 3.62. The van der Waals surface area contributed by atoms with Crippen LogP contribution in [-0.2, 0) is 32.6 Å². The lowest BCUT2D eigenvalue weighted by Gasteiger charge is -2.67. The maximum Gasteiger partial charge on any atom is 0.254 e. The van der Waals surface area contributed by atoms with Gasteiger partial charge in [-0.2, -0.15) is 0 Å². The lowest BCUT2D eigenvalue weighted by molar-refractivity contribution is -0.260. The zero-order valence-electron chi connectivity index (χ0n) is 23.3. The number of amides is 1. The van der Waals surface area contributed by atoms with Crippen molar-refractivity contribution in [2.45, 2.75) is 86.8 Å². The van der Waals surface area contributed by atoms with Gasteiger partial charge in [-0.25, -0.2) is 0 Å². The third kappa shape index (κ3) is 2.75. The SMILES string of the molecule is COc1ccc2c3c1OCOC14CCC56O[C@H](C(=O)N1Cc1ccccc1)C4C35CCN(CC1CCCC1)C6C2. The normalized spacial score (nSPS) is 39.2. The van der Waals surface area contributed by atoms with Gasteiger partial charge < -0.3 is 23.8 Å². The fraction of sp³-hybridized carbons (Fsp3) is 0.606. The van der Waals surface area contributed by atoms with E-state index in [1.807, 2.05) is 23.1 Å². The van der Waals surface area contributed by atoms with Crippen LogP contribution in [0.2, 0.25) is 0 Å². The molecule has 1 amide bonds. The highest BCUT2D eigenvalue weighted by molar-refractivity contribution is 5.87. The second kappa shape index (κ2) is 8.24. The molecule has 7 aliphatic rings. The molecule has 9 rings (SSSR count). The zero-order chi connectivity index (χ0) is 26.7. The Balaban J connectivity index is 1.24. The molecule has 5 unspecified atom stereocenters. The maximum atomic E-state index is 14.4. The summed E-state index contributed by atoms with van der Waals surface area (Å²) in [6, 6.07) is 14.9. The van der Waals surface area contributed by atoms with Gasteiger partial charge in [0.05, 0.1) is 18.6 Å². The van der Waals surface area contributed by atoms with E-state index < -0.39 is 17.4 Å². The fourth-order valence-corrected chi connectivity index (χ4v) is 10.6. The molecule has 7 heteroatoms. The molecule has 0 aromatic heterocycles. The van der Waals surface area contributed by atoms with Gasteiger partial charge in [0, 0.05) is 30.1 Å². The van der Waals surface area contributed by atoms with Gasteiger partial charge in [-0.05, 0) is 68.2 Å².